The molecule has 136 valence electrons. The van der Waals surface area contributed by atoms with E-state index in [1.807, 2.05) is 6.08 Å². The van der Waals surface area contributed by atoms with Crippen molar-refractivity contribution in [2.45, 2.75) is 33.2 Å². The minimum Gasteiger partial charge on any atom is -0.365 e. The fraction of sp³-hybridized carbons (Fsp3) is 0.333. The van der Waals surface area contributed by atoms with Crippen molar-refractivity contribution in [3.63, 3.8) is 0 Å². The highest BCUT2D eigenvalue weighted by molar-refractivity contribution is 8.26. The van der Waals surface area contributed by atoms with Crippen LogP contribution in [0.15, 0.2) is 35.8 Å². The summed E-state index contributed by atoms with van der Waals surface area (Å²) in [5.41, 5.74) is 5.89. The molecule has 5 heteroatoms. The van der Waals surface area contributed by atoms with Crippen molar-refractivity contribution in [2.24, 2.45) is 0 Å². The molecule has 0 atom stereocenters. The van der Waals surface area contributed by atoms with Crippen molar-refractivity contribution < 1.29 is 4.79 Å². The van der Waals surface area contributed by atoms with Gasteiger partial charge in [0, 0.05) is 24.8 Å². The van der Waals surface area contributed by atoms with Crippen LogP contribution in [0.3, 0.4) is 0 Å². The average molecular weight is 385 g/mol. The molecule has 0 unspecified atom stereocenters. The zero-order valence-corrected chi connectivity index (χ0v) is 17.6. The first-order valence-electron chi connectivity index (χ1n) is 8.60. The molecule has 1 aromatic rings. The fourth-order valence-electron chi connectivity index (χ4n) is 3.40. The third-order valence-corrected chi connectivity index (χ3v) is 6.45. The van der Waals surface area contributed by atoms with Crippen LogP contribution in [0.25, 0.3) is 11.6 Å². The molecule has 3 rings (SSSR count). The number of carbonyl (C=O) groups is 1. The zero-order valence-electron chi connectivity index (χ0n) is 15.9. The number of allylic oxidation sites excluding steroid dienone is 1. The second-order valence-corrected chi connectivity index (χ2v) is 9.02. The molecule has 2 aliphatic rings. The van der Waals surface area contributed by atoms with Crippen LogP contribution in [0.4, 0.5) is 5.69 Å². The maximum atomic E-state index is 12.6. The zero-order chi connectivity index (χ0) is 19.2. The second-order valence-electron chi connectivity index (χ2n) is 7.35. The van der Waals surface area contributed by atoms with E-state index in [0.29, 0.717) is 15.8 Å². The SMILES string of the molecule is C=CCN1C(=O)/C(=C/c2cc3c(cc2C)N(C)C(C)(C)C=C3C)SC1=S. The van der Waals surface area contributed by atoms with Gasteiger partial charge in [0.25, 0.3) is 5.91 Å². The van der Waals surface area contributed by atoms with Crippen LogP contribution in [-0.2, 0) is 4.79 Å². The van der Waals surface area contributed by atoms with Crippen molar-refractivity contribution in [1.29, 1.82) is 0 Å². The lowest BCUT2D eigenvalue weighted by atomic mass is 9.87. The van der Waals surface area contributed by atoms with E-state index in [-0.39, 0.29) is 11.4 Å². The highest BCUT2D eigenvalue weighted by atomic mass is 32.2. The van der Waals surface area contributed by atoms with Crippen molar-refractivity contribution in [3.8, 4) is 0 Å². The Morgan fingerprint density at radius 3 is 2.65 bits per heavy atom. The van der Waals surface area contributed by atoms with E-state index in [4.69, 9.17) is 12.2 Å². The van der Waals surface area contributed by atoms with Gasteiger partial charge in [-0.3, -0.25) is 9.69 Å². The first-order chi connectivity index (χ1) is 12.2. The highest BCUT2D eigenvalue weighted by Crippen LogP contribution is 2.40. The maximum absolute atomic E-state index is 12.6. The van der Waals surface area contributed by atoms with Crippen LogP contribution >= 0.6 is 24.0 Å². The van der Waals surface area contributed by atoms with Gasteiger partial charge in [0.15, 0.2) is 0 Å². The first kappa shape index (κ1) is 18.9. The summed E-state index contributed by atoms with van der Waals surface area (Å²) in [7, 11) is 2.13. The molecule has 2 aliphatic heterocycles. The van der Waals surface area contributed by atoms with Crippen LogP contribution in [-0.4, -0.2) is 34.3 Å². The highest BCUT2D eigenvalue weighted by Gasteiger charge is 2.32. The maximum Gasteiger partial charge on any atom is 0.266 e. The number of rotatable bonds is 3. The van der Waals surface area contributed by atoms with Gasteiger partial charge in [-0.1, -0.05) is 36.1 Å². The largest absolute Gasteiger partial charge is 0.365 e. The molecule has 26 heavy (non-hydrogen) atoms. The molecule has 1 saturated heterocycles. The molecule has 0 saturated carbocycles. The molecule has 3 nitrogen and oxygen atoms in total. The van der Waals surface area contributed by atoms with Gasteiger partial charge >= 0.3 is 0 Å². The molecule has 1 fully saturated rings. The Kier molecular flexibility index (Phi) is 4.88. The number of thioether (sulfide) groups is 1. The lowest BCUT2D eigenvalue weighted by Crippen LogP contribution is -2.42. The van der Waals surface area contributed by atoms with Crippen molar-refractivity contribution in [3.05, 3.63) is 52.5 Å². The van der Waals surface area contributed by atoms with Gasteiger partial charge < -0.3 is 4.90 Å². The number of anilines is 1. The van der Waals surface area contributed by atoms with E-state index in [9.17, 15) is 4.79 Å². The van der Waals surface area contributed by atoms with Gasteiger partial charge in [0.1, 0.15) is 4.32 Å². The van der Waals surface area contributed by atoms with Gasteiger partial charge in [0.05, 0.1) is 10.4 Å². The summed E-state index contributed by atoms with van der Waals surface area (Å²) in [5.74, 6) is -0.0393. The summed E-state index contributed by atoms with van der Waals surface area (Å²) in [5, 5.41) is 0. The summed E-state index contributed by atoms with van der Waals surface area (Å²) in [6.45, 7) is 12.8. The molecule has 1 aromatic carbocycles. The number of aryl methyl sites for hydroxylation is 1. The molecule has 2 heterocycles. The Hall–Kier alpha value is -1.85. The van der Waals surface area contributed by atoms with Crippen LogP contribution in [0.1, 0.15) is 37.5 Å². The third-order valence-electron chi connectivity index (χ3n) is 5.08. The predicted molar refractivity (Wildman–Crippen MR) is 117 cm³/mol. The minimum atomic E-state index is -0.0393. The summed E-state index contributed by atoms with van der Waals surface area (Å²) in [6.07, 6.45) is 5.95. The van der Waals surface area contributed by atoms with Gasteiger partial charge in [-0.15, -0.1) is 6.58 Å². The van der Waals surface area contributed by atoms with E-state index in [0.717, 1.165) is 11.1 Å². The predicted octanol–water partition coefficient (Wildman–Crippen LogP) is 5.01. The number of hydrogen-bond acceptors (Lipinski definition) is 4. The van der Waals surface area contributed by atoms with E-state index >= 15 is 0 Å². The minimum absolute atomic E-state index is 0.0157. The Balaban J connectivity index is 2.04. The van der Waals surface area contributed by atoms with E-state index < -0.39 is 0 Å². The van der Waals surface area contributed by atoms with E-state index in [2.05, 4.69) is 64.4 Å². The molecule has 1 amide bonds. The number of benzene rings is 1. The molecule has 0 aliphatic carbocycles. The van der Waals surface area contributed by atoms with Crippen LogP contribution in [0, 0.1) is 6.92 Å². The van der Waals surface area contributed by atoms with Gasteiger partial charge in [-0.25, -0.2) is 0 Å². The average Bonchev–Trinajstić information content (AvgIpc) is 2.82. The van der Waals surface area contributed by atoms with Crippen molar-refractivity contribution in [1.82, 2.24) is 4.90 Å². The molecular weight excluding hydrogens is 360 g/mol. The monoisotopic (exact) mass is 384 g/mol. The van der Waals surface area contributed by atoms with Crippen LogP contribution in [0.2, 0.25) is 0 Å². The summed E-state index contributed by atoms with van der Waals surface area (Å²) in [6, 6.07) is 4.40. The number of amides is 1. The Labute approximate surface area is 165 Å². The number of nitrogens with zero attached hydrogens (tertiary/aromatic N) is 2. The summed E-state index contributed by atoms with van der Waals surface area (Å²) < 4.78 is 0.592. The molecule has 0 radical (unpaired) electrons. The van der Waals surface area contributed by atoms with E-state index in [1.54, 1.807) is 11.0 Å². The lowest BCUT2D eigenvalue weighted by Gasteiger charge is -2.41. The Morgan fingerprint density at radius 2 is 2.00 bits per heavy atom. The number of carbonyl (C=O) groups excluding carboxylic acids is 1. The lowest BCUT2D eigenvalue weighted by molar-refractivity contribution is -0.121. The Bertz CT molecular complexity index is 880. The molecule has 0 N–H and O–H groups in total. The second kappa shape index (κ2) is 6.71. The topological polar surface area (TPSA) is 23.6 Å². The first-order valence-corrected chi connectivity index (χ1v) is 9.83. The summed E-state index contributed by atoms with van der Waals surface area (Å²) in [4.78, 5) is 17.2. The molecule has 0 bridgehead atoms. The van der Waals surface area contributed by atoms with Crippen LogP contribution < -0.4 is 4.90 Å². The van der Waals surface area contributed by atoms with Crippen LogP contribution in [0.5, 0.6) is 0 Å². The number of likely N-dealkylation sites (N-methyl/N-ethyl adjacent to an activating group) is 1. The number of thiocarbonyl (C=S) groups is 1. The summed E-state index contributed by atoms with van der Waals surface area (Å²) >= 11 is 6.69. The smallest absolute Gasteiger partial charge is 0.266 e. The van der Waals surface area contributed by atoms with E-state index in [1.165, 1.54) is 28.6 Å². The Morgan fingerprint density at radius 1 is 1.31 bits per heavy atom. The van der Waals surface area contributed by atoms with Gasteiger partial charge in [-0.05, 0) is 62.6 Å². The standard InChI is InChI=1S/C21H24N2OS2/c1-7-8-23-19(24)18(26-20(23)25)11-15-10-16-14(3)12-21(4,5)22(6)17(16)9-13(15)2/h7,9-12H,1,8H2,2-6H3/b18-11-. The molecular formula is C21H24N2OS2. The van der Waals surface area contributed by atoms with Gasteiger partial charge in [0.2, 0.25) is 0 Å². The number of fused-ring (bicyclic) bond motifs is 1. The quantitative estimate of drug-likeness (QED) is 0.415. The number of hydrogen-bond donors (Lipinski definition) is 0. The van der Waals surface area contributed by atoms with Gasteiger partial charge in [-0.2, -0.15) is 0 Å². The van der Waals surface area contributed by atoms with Crippen molar-refractivity contribution >= 4 is 51.5 Å². The molecule has 0 aromatic heterocycles. The fourth-order valence-corrected chi connectivity index (χ4v) is 4.67. The molecule has 0 spiro atoms. The van der Waals surface area contributed by atoms with Crippen molar-refractivity contribution in [2.75, 3.05) is 18.5 Å². The normalized spacial score (nSPS) is 20.5. The third kappa shape index (κ3) is 3.14.